The fourth-order valence-corrected chi connectivity index (χ4v) is 2.59. The second-order valence-electron chi connectivity index (χ2n) is 4.59. The Morgan fingerprint density at radius 3 is 2.67 bits per heavy atom. The van der Waals surface area contributed by atoms with E-state index in [9.17, 15) is 9.59 Å². The molecule has 0 bridgehead atoms. The van der Waals surface area contributed by atoms with Crippen molar-refractivity contribution in [2.75, 3.05) is 13.2 Å². The van der Waals surface area contributed by atoms with Crippen LogP contribution >= 0.6 is 27.5 Å². The van der Waals surface area contributed by atoms with Crippen LogP contribution in [0.25, 0.3) is 0 Å². The lowest BCUT2D eigenvalue weighted by atomic mass is 10.2. The molecule has 24 heavy (non-hydrogen) atoms. The summed E-state index contributed by atoms with van der Waals surface area (Å²) in [4.78, 5) is 23.5. The maximum atomic E-state index is 11.9. The molecule has 0 aliphatic rings. The molecule has 0 heterocycles. The number of esters is 2. The van der Waals surface area contributed by atoms with Gasteiger partial charge in [0.15, 0.2) is 6.61 Å². The monoisotopic (exact) mass is 412 g/mol. The number of hydrogen-bond donors (Lipinski definition) is 0. The predicted molar refractivity (Wildman–Crippen MR) is 92.7 cm³/mol. The third-order valence-electron chi connectivity index (χ3n) is 2.82. The number of carbonyl (C=O) groups is 2. The van der Waals surface area contributed by atoms with Gasteiger partial charge in [0.25, 0.3) is 0 Å². The summed E-state index contributed by atoms with van der Waals surface area (Å²) in [7, 11) is 0. The fourth-order valence-electron chi connectivity index (χ4n) is 1.79. The van der Waals surface area contributed by atoms with Crippen LogP contribution in [-0.2, 0) is 9.53 Å². The summed E-state index contributed by atoms with van der Waals surface area (Å²) in [6.45, 7) is 1.70. The molecule has 7 heteroatoms. The molecule has 126 valence electrons. The van der Waals surface area contributed by atoms with Gasteiger partial charge >= 0.3 is 11.9 Å². The van der Waals surface area contributed by atoms with Crippen LogP contribution in [0.15, 0.2) is 46.9 Å². The lowest BCUT2D eigenvalue weighted by molar-refractivity contribution is -0.136. The molecule has 0 aliphatic carbocycles. The van der Waals surface area contributed by atoms with Crippen molar-refractivity contribution in [3.63, 3.8) is 0 Å². The fraction of sp³-hybridized carbons (Fsp3) is 0.176. The van der Waals surface area contributed by atoms with Crippen LogP contribution in [0, 0.1) is 0 Å². The number of benzene rings is 2. The molecule has 0 atom stereocenters. The molecule has 0 aromatic heterocycles. The molecule has 2 rings (SSSR count). The molecule has 0 aliphatic heterocycles. The van der Waals surface area contributed by atoms with Crippen LogP contribution in [-0.4, -0.2) is 25.2 Å². The topological polar surface area (TPSA) is 61.8 Å². The summed E-state index contributed by atoms with van der Waals surface area (Å²) in [6, 6.07) is 11.1. The van der Waals surface area contributed by atoms with E-state index in [4.69, 9.17) is 25.8 Å². The first kappa shape index (κ1) is 18.3. The predicted octanol–water partition coefficient (Wildman–Crippen LogP) is 4.26. The van der Waals surface area contributed by atoms with Gasteiger partial charge in [-0.1, -0.05) is 17.7 Å². The Kier molecular flexibility index (Phi) is 6.63. The normalized spacial score (nSPS) is 10.1. The van der Waals surface area contributed by atoms with Gasteiger partial charge in [-0.3, -0.25) is 0 Å². The van der Waals surface area contributed by atoms with Gasteiger partial charge in [0.2, 0.25) is 0 Å². The molecular weight excluding hydrogens is 400 g/mol. The zero-order chi connectivity index (χ0) is 17.5. The van der Waals surface area contributed by atoms with E-state index >= 15 is 0 Å². The van der Waals surface area contributed by atoms with Crippen LogP contribution in [0.3, 0.4) is 0 Å². The summed E-state index contributed by atoms with van der Waals surface area (Å²) in [5.74, 6) is -0.365. The first-order chi connectivity index (χ1) is 11.5. The summed E-state index contributed by atoms with van der Waals surface area (Å²) >= 11 is 9.13. The molecule has 5 nitrogen and oxygen atoms in total. The van der Waals surface area contributed by atoms with Crippen molar-refractivity contribution in [3.8, 4) is 11.5 Å². The summed E-state index contributed by atoms with van der Waals surface area (Å²) in [5.41, 5.74) is 0.309. The molecule has 0 saturated carbocycles. The summed E-state index contributed by atoms with van der Waals surface area (Å²) < 4.78 is 16.1. The molecule has 0 spiro atoms. The minimum atomic E-state index is -0.599. The Hall–Kier alpha value is -2.05. The van der Waals surface area contributed by atoms with Crippen LogP contribution in [0.1, 0.15) is 17.3 Å². The van der Waals surface area contributed by atoms with E-state index < -0.39 is 11.9 Å². The molecule has 0 fully saturated rings. The van der Waals surface area contributed by atoms with Crippen LogP contribution < -0.4 is 9.47 Å². The number of rotatable bonds is 6. The van der Waals surface area contributed by atoms with Crippen molar-refractivity contribution in [1.29, 1.82) is 0 Å². The third-order valence-corrected chi connectivity index (χ3v) is 3.67. The average molecular weight is 414 g/mol. The highest BCUT2D eigenvalue weighted by molar-refractivity contribution is 9.10. The van der Waals surface area contributed by atoms with Crippen molar-refractivity contribution in [3.05, 3.63) is 57.5 Å². The van der Waals surface area contributed by atoms with Crippen LogP contribution in [0.5, 0.6) is 11.5 Å². The number of ether oxygens (including phenoxy) is 3. The van der Waals surface area contributed by atoms with Crippen LogP contribution in [0.4, 0.5) is 0 Å². The highest BCUT2D eigenvalue weighted by atomic mass is 79.9. The van der Waals surface area contributed by atoms with Gasteiger partial charge < -0.3 is 14.2 Å². The van der Waals surface area contributed by atoms with Crippen molar-refractivity contribution in [2.45, 2.75) is 6.92 Å². The van der Waals surface area contributed by atoms with E-state index in [-0.39, 0.29) is 19.0 Å². The van der Waals surface area contributed by atoms with Gasteiger partial charge in [-0.15, -0.1) is 0 Å². The molecule has 0 saturated heterocycles. The van der Waals surface area contributed by atoms with Gasteiger partial charge in [0.1, 0.15) is 11.5 Å². The minimum absolute atomic E-state index is 0.240. The second-order valence-corrected chi connectivity index (χ2v) is 5.88. The Labute approximate surface area is 152 Å². The van der Waals surface area contributed by atoms with Crippen molar-refractivity contribution >= 4 is 39.5 Å². The van der Waals surface area contributed by atoms with E-state index in [2.05, 4.69) is 15.9 Å². The van der Waals surface area contributed by atoms with E-state index in [1.165, 1.54) is 6.07 Å². The number of halogens is 2. The number of hydrogen-bond acceptors (Lipinski definition) is 5. The van der Waals surface area contributed by atoms with Gasteiger partial charge in [0, 0.05) is 5.02 Å². The summed E-state index contributed by atoms with van der Waals surface area (Å²) in [6.07, 6.45) is 0. The van der Waals surface area contributed by atoms with E-state index in [1.54, 1.807) is 43.3 Å². The molecular formula is C17H14BrClO5. The van der Waals surface area contributed by atoms with Gasteiger partial charge in [0.05, 0.1) is 16.6 Å². The van der Waals surface area contributed by atoms with E-state index in [1.807, 2.05) is 0 Å². The largest absolute Gasteiger partial charge is 0.481 e. The third kappa shape index (κ3) is 5.25. The Bertz CT molecular complexity index is 748. The van der Waals surface area contributed by atoms with Crippen molar-refractivity contribution < 1.29 is 23.8 Å². The summed E-state index contributed by atoms with van der Waals surface area (Å²) in [5, 5.41) is 0.549. The lowest BCUT2D eigenvalue weighted by Crippen LogP contribution is -2.18. The quantitative estimate of drug-likeness (QED) is 0.523. The average Bonchev–Trinajstić information content (AvgIpc) is 2.54. The Morgan fingerprint density at radius 2 is 1.96 bits per heavy atom. The smallest absolute Gasteiger partial charge is 0.349 e. The highest BCUT2D eigenvalue weighted by Crippen LogP contribution is 2.28. The SMILES string of the molecule is CCOC(=O)c1cccc(OC(=O)COc2ccc(Cl)cc2Br)c1. The first-order valence-corrected chi connectivity index (χ1v) is 8.22. The standard InChI is InChI=1S/C17H14BrClO5/c1-2-22-17(21)11-4-3-5-13(8-11)24-16(20)10-23-15-7-6-12(19)9-14(15)18/h3-9H,2,10H2,1H3. The number of carbonyl (C=O) groups excluding carboxylic acids is 2. The zero-order valence-electron chi connectivity index (χ0n) is 12.8. The molecule has 0 unspecified atom stereocenters. The van der Waals surface area contributed by atoms with Gasteiger partial charge in [-0.25, -0.2) is 9.59 Å². The zero-order valence-corrected chi connectivity index (χ0v) is 15.1. The van der Waals surface area contributed by atoms with Gasteiger partial charge in [-0.2, -0.15) is 0 Å². The Balaban J connectivity index is 1.95. The van der Waals surface area contributed by atoms with Crippen molar-refractivity contribution in [1.82, 2.24) is 0 Å². The van der Waals surface area contributed by atoms with Crippen molar-refractivity contribution in [2.24, 2.45) is 0 Å². The lowest BCUT2D eigenvalue weighted by Gasteiger charge is -2.09. The van der Waals surface area contributed by atoms with E-state index in [0.29, 0.717) is 20.8 Å². The first-order valence-electron chi connectivity index (χ1n) is 7.05. The maximum absolute atomic E-state index is 11.9. The Morgan fingerprint density at radius 1 is 1.17 bits per heavy atom. The second kappa shape index (κ2) is 8.70. The van der Waals surface area contributed by atoms with Gasteiger partial charge in [-0.05, 0) is 59.3 Å². The van der Waals surface area contributed by atoms with Crippen LogP contribution in [0.2, 0.25) is 5.02 Å². The highest BCUT2D eigenvalue weighted by Gasteiger charge is 2.11. The minimum Gasteiger partial charge on any atom is -0.481 e. The molecule has 2 aromatic rings. The maximum Gasteiger partial charge on any atom is 0.349 e. The molecule has 0 N–H and O–H groups in total. The molecule has 0 amide bonds. The molecule has 2 aromatic carbocycles. The molecule has 0 radical (unpaired) electrons. The van der Waals surface area contributed by atoms with E-state index in [0.717, 1.165) is 0 Å².